The number of carbonyl (C=O) groups is 2. The number of hydrogen-bond acceptors (Lipinski definition) is 6. The lowest BCUT2D eigenvalue weighted by Crippen LogP contribution is -2.32. The molecule has 0 atom stereocenters. The summed E-state index contributed by atoms with van der Waals surface area (Å²) in [6.45, 7) is 4.41. The lowest BCUT2D eigenvalue weighted by molar-refractivity contribution is -0.163. The van der Waals surface area contributed by atoms with Gasteiger partial charge in [-0.2, -0.15) is 5.10 Å². The van der Waals surface area contributed by atoms with Crippen molar-refractivity contribution in [2.24, 2.45) is 5.92 Å². The van der Waals surface area contributed by atoms with Gasteiger partial charge < -0.3 is 9.47 Å². The molecular weight excluding hydrogens is 250 g/mol. The molecule has 1 rings (SSSR count). The average molecular weight is 269 g/mol. The SMILES string of the molecule is CCCOC(=O)C(Cn1cncn1)C(=O)OCCC. The first-order chi connectivity index (χ1) is 9.19. The van der Waals surface area contributed by atoms with Crippen molar-refractivity contribution in [1.82, 2.24) is 14.8 Å². The Kier molecular flexibility index (Phi) is 6.56. The van der Waals surface area contributed by atoms with E-state index in [4.69, 9.17) is 9.47 Å². The van der Waals surface area contributed by atoms with Crippen LogP contribution in [0.15, 0.2) is 12.7 Å². The van der Waals surface area contributed by atoms with Crippen LogP contribution in [0.2, 0.25) is 0 Å². The summed E-state index contributed by atoms with van der Waals surface area (Å²) in [5.41, 5.74) is 0. The zero-order chi connectivity index (χ0) is 14.1. The summed E-state index contributed by atoms with van der Waals surface area (Å²) in [6.07, 6.45) is 4.18. The smallest absolute Gasteiger partial charge is 0.322 e. The van der Waals surface area contributed by atoms with Crippen molar-refractivity contribution in [3.8, 4) is 0 Å². The molecule has 0 bridgehead atoms. The maximum absolute atomic E-state index is 11.8. The van der Waals surface area contributed by atoms with Crippen molar-refractivity contribution < 1.29 is 19.1 Å². The molecule has 0 amide bonds. The molecule has 7 nitrogen and oxygen atoms in total. The quantitative estimate of drug-likeness (QED) is 0.513. The van der Waals surface area contributed by atoms with E-state index in [9.17, 15) is 9.59 Å². The van der Waals surface area contributed by atoms with E-state index in [1.807, 2.05) is 13.8 Å². The van der Waals surface area contributed by atoms with Gasteiger partial charge in [0.1, 0.15) is 12.7 Å². The molecule has 1 heterocycles. The Morgan fingerprint density at radius 1 is 1.16 bits per heavy atom. The molecule has 0 unspecified atom stereocenters. The molecule has 1 aromatic heterocycles. The molecule has 0 fully saturated rings. The third kappa shape index (κ3) is 5.07. The Morgan fingerprint density at radius 2 is 1.74 bits per heavy atom. The van der Waals surface area contributed by atoms with E-state index in [2.05, 4.69) is 10.1 Å². The normalized spacial score (nSPS) is 10.5. The van der Waals surface area contributed by atoms with Crippen LogP contribution in [0.5, 0.6) is 0 Å². The van der Waals surface area contributed by atoms with Gasteiger partial charge in [0.05, 0.1) is 19.8 Å². The van der Waals surface area contributed by atoms with E-state index in [1.165, 1.54) is 17.3 Å². The van der Waals surface area contributed by atoms with E-state index in [0.29, 0.717) is 12.8 Å². The van der Waals surface area contributed by atoms with Crippen LogP contribution in [-0.2, 0) is 25.6 Å². The second-order valence-corrected chi connectivity index (χ2v) is 4.01. The fourth-order valence-corrected chi connectivity index (χ4v) is 1.37. The number of carbonyl (C=O) groups excluding carboxylic acids is 2. The predicted molar refractivity (Wildman–Crippen MR) is 66.0 cm³/mol. The fourth-order valence-electron chi connectivity index (χ4n) is 1.37. The minimum absolute atomic E-state index is 0.0745. The van der Waals surface area contributed by atoms with Crippen LogP contribution in [0.25, 0.3) is 0 Å². The Labute approximate surface area is 111 Å². The molecular formula is C12H19N3O4. The predicted octanol–water partition coefficient (Wildman–Crippen LogP) is 0.801. The number of ether oxygens (including phenoxy) is 2. The number of hydrogen-bond donors (Lipinski definition) is 0. The first-order valence-corrected chi connectivity index (χ1v) is 6.34. The van der Waals surface area contributed by atoms with Gasteiger partial charge in [0.15, 0.2) is 5.92 Å². The fraction of sp³-hybridized carbons (Fsp3) is 0.667. The molecule has 0 spiro atoms. The summed E-state index contributed by atoms with van der Waals surface area (Å²) in [4.78, 5) is 27.5. The van der Waals surface area contributed by atoms with Crippen LogP contribution in [0, 0.1) is 5.92 Å². The summed E-state index contributed by atoms with van der Waals surface area (Å²) < 4.78 is 11.4. The highest BCUT2D eigenvalue weighted by Gasteiger charge is 2.30. The maximum Gasteiger partial charge on any atom is 0.322 e. The van der Waals surface area contributed by atoms with Gasteiger partial charge >= 0.3 is 11.9 Å². The number of nitrogens with zero attached hydrogens (tertiary/aromatic N) is 3. The van der Waals surface area contributed by atoms with Crippen molar-refractivity contribution in [1.29, 1.82) is 0 Å². The second-order valence-electron chi connectivity index (χ2n) is 4.01. The van der Waals surface area contributed by atoms with Gasteiger partial charge in [-0.15, -0.1) is 0 Å². The zero-order valence-electron chi connectivity index (χ0n) is 11.2. The monoisotopic (exact) mass is 269 g/mol. The van der Waals surface area contributed by atoms with Crippen molar-refractivity contribution >= 4 is 11.9 Å². The lowest BCUT2D eigenvalue weighted by Gasteiger charge is -2.14. The highest BCUT2D eigenvalue weighted by molar-refractivity contribution is 5.94. The summed E-state index contributed by atoms with van der Waals surface area (Å²) in [7, 11) is 0. The number of esters is 2. The first kappa shape index (κ1) is 15.1. The Balaban J connectivity index is 2.66. The van der Waals surface area contributed by atoms with E-state index >= 15 is 0 Å². The molecule has 0 N–H and O–H groups in total. The molecule has 0 saturated heterocycles. The largest absolute Gasteiger partial charge is 0.465 e. The van der Waals surface area contributed by atoms with Crippen LogP contribution in [-0.4, -0.2) is 39.9 Å². The van der Waals surface area contributed by atoms with Crippen molar-refractivity contribution in [2.75, 3.05) is 13.2 Å². The molecule has 106 valence electrons. The Morgan fingerprint density at radius 3 is 2.16 bits per heavy atom. The zero-order valence-corrected chi connectivity index (χ0v) is 11.2. The third-order valence-electron chi connectivity index (χ3n) is 2.30. The molecule has 0 radical (unpaired) electrons. The van der Waals surface area contributed by atoms with Crippen LogP contribution in [0.3, 0.4) is 0 Å². The highest BCUT2D eigenvalue weighted by Crippen LogP contribution is 2.07. The van der Waals surface area contributed by atoms with Crippen molar-refractivity contribution in [3.63, 3.8) is 0 Å². The molecule has 0 saturated carbocycles. The van der Waals surface area contributed by atoms with Crippen LogP contribution in [0.1, 0.15) is 26.7 Å². The number of aromatic nitrogens is 3. The molecule has 7 heteroatoms. The third-order valence-corrected chi connectivity index (χ3v) is 2.30. The Hall–Kier alpha value is -1.92. The summed E-state index contributed by atoms with van der Waals surface area (Å²) in [5, 5.41) is 3.87. The molecule has 0 aliphatic rings. The topological polar surface area (TPSA) is 83.3 Å². The standard InChI is InChI=1S/C12H19N3O4/c1-3-5-18-11(16)10(12(17)19-6-4-2)7-15-9-13-8-14-15/h8-10H,3-7H2,1-2H3. The minimum atomic E-state index is -1.00. The summed E-state index contributed by atoms with van der Waals surface area (Å²) >= 11 is 0. The van der Waals surface area contributed by atoms with Gasteiger partial charge in [-0.05, 0) is 12.8 Å². The lowest BCUT2D eigenvalue weighted by atomic mass is 10.1. The van der Waals surface area contributed by atoms with E-state index < -0.39 is 17.9 Å². The van der Waals surface area contributed by atoms with Gasteiger partial charge in [0.2, 0.25) is 0 Å². The highest BCUT2D eigenvalue weighted by atomic mass is 16.6. The average Bonchev–Trinajstić information content (AvgIpc) is 2.92. The van der Waals surface area contributed by atoms with E-state index in [-0.39, 0.29) is 19.8 Å². The second kappa shape index (κ2) is 8.23. The maximum atomic E-state index is 11.8. The van der Waals surface area contributed by atoms with Gasteiger partial charge in [0, 0.05) is 0 Å². The molecule has 0 aliphatic carbocycles. The minimum Gasteiger partial charge on any atom is -0.465 e. The molecule has 1 aromatic rings. The number of rotatable bonds is 8. The molecule has 19 heavy (non-hydrogen) atoms. The Bertz CT molecular complexity index is 372. The summed E-state index contributed by atoms with van der Waals surface area (Å²) in [5.74, 6) is -2.17. The van der Waals surface area contributed by atoms with Crippen LogP contribution < -0.4 is 0 Å². The van der Waals surface area contributed by atoms with E-state index in [1.54, 1.807) is 0 Å². The van der Waals surface area contributed by atoms with Gasteiger partial charge in [-0.1, -0.05) is 13.8 Å². The van der Waals surface area contributed by atoms with Gasteiger partial charge in [-0.25, -0.2) is 4.98 Å². The summed E-state index contributed by atoms with van der Waals surface area (Å²) in [6, 6.07) is 0. The van der Waals surface area contributed by atoms with Crippen LogP contribution in [0.4, 0.5) is 0 Å². The first-order valence-electron chi connectivity index (χ1n) is 6.34. The molecule has 0 aliphatic heterocycles. The van der Waals surface area contributed by atoms with Crippen molar-refractivity contribution in [2.45, 2.75) is 33.2 Å². The molecule has 0 aromatic carbocycles. The van der Waals surface area contributed by atoms with Crippen LogP contribution >= 0.6 is 0 Å². The van der Waals surface area contributed by atoms with Crippen molar-refractivity contribution in [3.05, 3.63) is 12.7 Å². The van der Waals surface area contributed by atoms with Gasteiger partial charge in [0.25, 0.3) is 0 Å². The van der Waals surface area contributed by atoms with E-state index in [0.717, 1.165) is 0 Å². The van der Waals surface area contributed by atoms with Gasteiger partial charge in [-0.3, -0.25) is 14.3 Å².